The van der Waals surface area contributed by atoms with Gasteiger partial charge in [-0.05, 0) is 17.6 Å². The molecular formula is C11H9N5O. The predicted octanol–water partition coefficient (Wildman–Crippen LogP) is 2.69. The van der Waals surface area contributed by atoms with Crippen LogP contribution in [-0.4, -0.2) is 9.97 Å². The third-order valence-corrected chi connectivity index (χ3v) is 2.33. The molecule has 0 aliphatic heterocycles. The first-order valence-corrected chi connectivity index (χ1v) is 4.94. The predicted molar refractivity (Wildman–Crippen MR) is 63.8 cm³/mol. The number of hydrogen-bond donors (Lipinski definition) is 1. The van der Waals surface area contributed by atoms with E-state index < -0.39 is 0 Å². The Morgan fingerprint density at radius 3 is 2.71 bits per heavy atom. The Labute approximate surface area is 96.6 Å². The standard InChI is InChI=1S/C11H9N5O/c1-7-9(8-5-3-2-4-6-8)13-11(15-16-12)14-10(7)17/h2-6H,1H3,(H,13,14,17). The van der Waals surface area contributed by atoms with Crippen molar-refractivity contribution >= 4 is 5.95 Å². The van der Waals surface area contributed by atoms with Crippen LogP contribution < -0.4 is 5.56 Å². The molecule has 84 valence electrons. The molecule has 1 aromatic carbocycles. The molecule has 0 aliphatic carbocycles. The number of aromatic amines is 1. The molecule has 6 heteroatoms. The zero-order chi connectivity index (χ0) is 12.3. The van der Waals surface area contributed by atoms with Crippen LogP contribution in [0.5, 0.6) is 0 Å². The van der Waals surface area contributed by atoms with Gasteiger partial charge in [0.2, 0.25) is 0 Å². The summed E-state index contributed by atoms with van der Waals surface area (Å²) in [7, 11) is 0. The van der Waals surface area contributed by atoms with Crippen molar-refractivity contribution < 1.29 is 0 Å². The number of nitrogens with one attached hydrogen (secondary N) is 1. The van der Waals surface area contributed by atoms with Gasteiger partial charge in [-0.15, -0.1) is 0 Å². The maximum absolute atomic E-state index is 11.6. The van der Waals surface area contributed by atoms with Crippen LogP contribution in [0.1, 0.15) is 5.56 Å². The van der Waals surface area contributed by atoms with Gasteiger partial charge in [0.25, 0.3) is 5.56 Å². The quantitative estimate of drug-likeness (QED) is 0.485. The smallest absolute Gasteiger partial charge is 0.254 e. The second-order valence-electron chi connectivity index (χ2n) is 3.42. The highest BCUT2D eigenvalue weighted by Crippen LogP contribution is 2.19. The highest BCUT2D eigenvalue weighted by molar-refractivity contribution is 5.63. The molecule has 0 spiro atoms. The summed E-state index contributed by atoms with van der Waals surface area (Å²) in [5.74, 6) is -0.0260. The molecular weight excluding hydrogens is 218 g/mol. The highest BCUT2D eigenvalue weighted by atomic mass is 16.1. The van der Waals surface area contributed by atoms with Gasteiger partial charge in [0.05, 0.1) is 5.69 Å². The van der Waals surface area contributed by atoms with Gasteiger partial charge in [0.15, 0.2) is 5.95 Å². The molecule has 0 saturated carbocycles. The first-order valence-electron chi connectivity index (χ1n) is 4.94. The Hall–Kier alpha value is -2.59. The Kier molecular flexibility index (Phi) is 2.89. The highest BCUT2D eigenvalue weighted by Gasteiger charge is 2.08. The first-order chi connectivity index (χ1) is 8.22. The first kappa shape index (κ1) is 10.9. The molecule has 6 nitrogen and oxygen atoms in total. The largest absolute Gasteiger partial charge is 0.305 e. The fraction of sp³-hybridized carbons (Fsp3) is 0.0909. The minimum absolute atomic E-state index is 0.0260. The van der Waals surface area contributed by atoms with Crippen molar-refractivity contribution in [2.75, 3.05) is 0 Å². The molecule has 1 heterocycles. The van der Waals surface area contributed by atoms with Crippen LogP contribution in [0.4, 0.5) is 5.95 Å². The van der Waals surface area contributed by atoms with E-state index in [2.05, 4.69) is 20.0 Å². The fourth-order valence-corrected chi connectivity index (χ4v) is 1.49. The fourth-order valence-electron chi connectivity index (χ4n) is 1.49. The molecule has 0 fully saturated rings. The van der Waals surface area contributed by atoms with Crippen molar-refractivity contribution in [3.8, 4) is 11.3 Å². The molecule has 2 aromatic rings. The number of H-pyrrole nitrogens is 1. The summed E-state index contributed by atoms with van der Waals surface area (Å²) in [6, 6.07) is 9.26. The van der Waals surface area contributed by atoms with E-state index in [-0.39, 0.29) is 11.5 Å². The van der Waals surface area contributed by atoms with Gasteiger partial charge in [-0.3, -0.25) is 4.79 Å². The number of aromatic nitrogens is 2. The third kappa shape index (κ3) is 2.16. The second kappa shape index (κ2) is 4.51. The molecule has 0 atom stereocenters. The molecule has 0 saturated heterocycles. The summed E-state index contributed by atoms with van der Waals surface area (Å²) in [4.78, 5) is 20.8. The topological polar surface area (TPSA) is 94.5 Å². The maximum atomic E-state index is 11.6. The number of rotatable bonds is 2. The summed E-state index contributed by atoms with van der Waals surface area (Å²) in [6.45, 7) is 1.67. The summed E-state index contributed by atoms with van der Waals surface area (Å²) in [5.41, 5.74) is 9.86. The van der Waals surface area contributed by atoms with Crippen molar-refractivity contribution in [2.24, 2.45) is 5.11 Å². The lowest BCUT2D eigenvalue weighted by atomic mass is 10.1. The van der Waals surface area contributed by atoms with E-state index in [4.69, 9.17) is 5.53 Å². The second-order valence-corrected chi connectivity index (χ2v) is 3.42. The summed E-state index contributed by atoms with van der Waals surface area (Å²) in [6.07, 6.45) is 0. The van der Waals surface area contributed by atoms with E-state index >= 15 is 0 Å². The van der Waals surface area contributed by atoms with Crippen LogP contribution in [0, 0.1) is 6.92 Å². The molecule has 17 heavy (non-hydrogen) atoms. The monoisotopic (exact) mass is 227 g/mol. The molecule has 0 amide bonds. The minimum atomic E-state index is -0.304. The third-order valence-electron chi connectivity index (χ3n) is 2.33. The normalized spacial score (nSPS) is 9.71. The molecule has 1 aromatic heterocycles. The SMILES string of the molecule is Cc1c(-c2ccccc2)nc(N=[N+]=[N-])[nH]c1=O. The van der Waals surface area contributed by atoms with Crippen LogP contribution in [-0.2, 0) is 0 Å². The van der Waals surface area contributed by atoms with E-state index in [0.717, 1.165) is 5.56 Å². The lowest BCUT2D eigenvalue weighted by Gasteiger charge is -2.04. The molecule has 2 rings (SSSR count). The van der Waals surface area contributed by atoms with Crippen LogP contribution in [0.2, 0.25) is 0 Å². The van der Waals surface area contributed by atoms with E-state index in [1.807, 2.05) is 30.3 Å². The van der Waals surface area contributed by atoms with Crippen molar-refractivity contribution in [3.05, 3.63) is 56.7 Å². The molecule has 1 N–H and O–H groups in total. The van der Waals surface area contributed by atoms with Gasteiger partial charge in [0, 0.05) is 16.0 Å². The number of benzene rings is 1. The van der Waals surface area contributed by atoms with Gasteiger partial charge >= 0.3 is 0 Å². The van der Waals surface area contributed by atoms with Crippen LogP contribution in [0.25, 0.3) is 21.7 Å². The van der Waals surface area contributed by atoms with Crippen LogP contribution in [0.15, 0.2) is 40.2 Å². The van der Waals surface area contributed by atoms with Crippen LogP contribution in [0.3, 0.4) is 0 Å². The Bertz CT molecular complexity index is 641. The van der Waals surface area contributed by atoms with Crippen LogP contribution >= 0.6 is 0 Å². The zero-order valence-corrected chi connectivity index (χ0v) is 9.08. The molecule has 0 unspecified atom stereocenters. The average molecular weight is 227 g/mol. The number of azide groups is 1. The number of hydrogen-bond acceptors (Lipinski definition) is 3. The van der Waals surface area contributed by atoms with Gasteiger partial charge in [-0.25, -0.2) is 4.98 Å². The van der Waals surface area contributed by atoms with Crippen molar-refractivity contribution in [1.82, 2.24) is 9.97 Å². The van der Waals surface area contributed by atoms with Gasteiger partial charge < -0.3 is 4.98 Å². The lowest BCUT2D eigenvalue weighted by Crippen LogP contribution is -2.12. The van der Waals surface area contributed by atoms with Gasteiger partial charge in [-0.2, -0.15) is 0 Å². The summed E-state index contributed by atoms with van der Waals surface area (Å²) in [5, 5.41) is 3.31. The molecule has 0 bridgehead atoms. The van der Waals surface area contributed by atoms with Gasteiger partial charge in [-0.1, -0.05) is 30.3 Å². The zero-order valence-electron chi connectivity index (χ0n) is 9.08. The van der Waals surface area contributed by atoms with E-state index in [1.54, 1.807) is 6.92 Å². The lowest BCUT2D eigenvalue weighted by molar-refractivity contribution is 1.06. The summed E-state index contributed by atoms with van der Waals surface area (Å²) < 4.78 is 0. The van der Waals surface area contributed by atoms with Gasteiger partial charge in [0.1, 0.15) is 0 Å². The van der Waals surface area contributed by atoms with E-state index in [1.165, 1.54) is 0 Å². The Morgan fingerprint density at radius 1 is 1.35 bits per heavy atom. The average Bonchev–Trinajstić information content (AvgIpc) is 2.35. The van der Waals surface area contributed by atoms with E-state index in [9.17, 15) is 4.79 Å². The van der Waals surface area contributed by atoms with Crippen molar-refractivity contribution in [3.63, 3.8) is 0 Å². The summed E-state index contributed by atoms with van der Waals surface area (Å²) >= 11 is 0. The Balaban J connectivity index is 2.69. The Morgan fingerprint density at radius 2 is 2.06 bits per heavy atom. The van der Waals surface area contributed by atoms with Crippen molar-refractivity contribution in [2.45, 2.75) is 6.92 Å². The maximum Gasteiger partial charge on any atom is 0.254 e. The van der Waals surface area contributed by atoms with E-state index in [0.29, 0.717) is 11.3 Å². The minimum Gasteiger partial charge on any atom is -0.305 e. The number of nitrogens with zero attached hydrogens (tertiary/aromatic N) is 4. The van der Waals surface area contributed by atoms with Crippen molar-refractivity contribution in [1.29, 1.82) is 0 Å². The molecule has 0 aliphatic rings. The molecule has 0 radical (unpaired) electrons.